The van der Waals surface area contributed by atoms with E-state index in [1.165, 1.54) is 5.56 Å². The molecule has 0 aliphatic heterocycles. The summed E-state index contributed by atoms with van der Waals surface area (Å²) in [5.74, 6) is -0.959. The third-order valence-corrected chi connectivity index (χ3v) is 2.74. The lowest BCUT2D eigenvalue weighted by Gasteiger charge is -2.07. The highest BCUT2D eigenvalue weighted by molar-refractivity contribution is 5.96. The zero-order chi connectivity index (χ0) is 12.8. The van der Waals surface area contributed by atoms with Crippen LogP contribution in [0.25, 0.3) is 0 Å². The minimum absolute atomic E-state index is 0.0152. The molecule has 1 atom stereocenters. The molecule has 0 heterocycles. The number of carbonyl (C=O) groups is 2. The first-order valence-electron chi connectivity index (χ1n) is 5.86. The van der Waals surface area contributed by atoms with Gasteiger partial charge in [-0.25, -0.2) is 0 Å². The van der Waals surface area contributed by atoms with Crippen molar-refractivity contribution in [1.82, 2.24) is 0 Å². The number of hydrogen-bond donors (Lipinski definition) is 1. The van der Waals surface area contributed by atoms with Gasteiger partial charge in [-0.2, -0.15) is 0 Å². The normalized spacial score (nSPS) is 12.1. The molecule has 3 nitrogen and oxygen atoms in total. The van der Waals surface area contributed by atoms with Crippen LogP contribution >= 0.6 is 0 Å². The molecule has 0 aliphatic carbocycles. The molecular weight excluding hydrogens is 216 g/mol. The highest BCUT2D eigenvalue weighted by Crippen LogP contribution is 2.14. The molecule has 1 aromatic carbocycles. The zero-order valence-corrected chi connectivity index (χ0v) is 10.3. The van der Waals surface area contributed by atoms with Gasteiger partial charge in [0.15, 0.2) is 5.78 Å². The van der Waals surface area contributed by atoms with Crippen molar-refractivity contribution in [3.05, 3.63) is 35.4 Å². The van der Waals surface area contributed by atoms with Gasteiger partial charge in [0.2, 0.25) is 0 Å². The van der Waals surface area contributed by atoms with Gasteiger partial charge in [-0.1, -0.05) is 38.1 Å². The third-order valence-electron chi connectivity index (χ3n) is 2.74. The Morgan fingerprint density at radius 1 is 1.18 bits per heavy atom. The molecule has 0 aliphatic rings. The number of carboxylic acids is 1. The standard InChI is InChI=1S/C14H18O3/c1-3-11-4-6-12(7-5-11)13(15)8-10(2)9-14(16)17/h4-7,10H,3,8-9H2,1-2H3,(H,16,17)/t10-/m1/s1. The number of carbonyl (C=O) groups excluding carboxylic acids is 1. The number of aryl methyl sites for hydroxylation is 1. The van der Waals surface area contributed by atoms with Gasteiger partial charge in [0, 0.05) is 18.4 Å². The second kappa shape index (κ2) is 6.18. The van der Waals surface area contributed by atoms with Crippen LogP contribution in [-0.2, 0) is 11.2 Å². The van der Waals surface area contributed by atoms with E-state index in [9.17, 15) is 9.59 Å². The molecule has 0 aromatic heterocycles. The van der Waals surface area contributed by atoms with Gasteiger partial charge in [0.1, 0.15) is 0 Å². The van der Waals surface area contributed by atoms with E-state index in [-0.39, 0.29) is 24.5 Å². The van der Waals surface area contributed by atoms with Gasteiger partial charge >= 0.3 is 5.97 Å². The summed E-state index contributed by atoms with van der Waals surface area (Å²) in [5, 5.41) is 8.62. The molecule has 1 N–H and O–H groups in total. The molecule has 3 heteroatoms. The van der Waals surface area contributed by atoms with Gasteiger partial charge in [0.05, 0.1) is 0 Å². The summed E-state index contributed by atoms with van der Waals surface area (Å²) >= 11 is 0. The maximum Gasteiger partial charge on any atom is 0.303 e. The summed E-state index contributed by atoms with van der Waals surface area (Å²) in [4.78, 5) is 22.3. The number of hydrogen-bond acceptors (Lipinski definition) is 2. The Balaban J connectivity index is 2.60. The van der Waals surface area contributed by atoms with E-state index in [1.807, 2.05) is 24.3 Å². The second-order valence-electron chi connectivity index (χ2n) is 4.38. The first-order valence-corrected chi connectivity index (χ1v) is 5.86. The third kappa shape index (κ3) is 4.39. The highest BCUT2D eigenvalue weighted by atomic mass is 16.4. The summed E-state index contributed by atoms with van der Waals surface area (Å²) in [5.41, 5.74) is 1.86. The number of carboxylic acid groups (broad SMARTS) is 1. The average molecular weight is 234 g/mol. The Morgan fingerprint density at radius 3 is 2.24 bits per heavy atom. The van der Waals surface area contributed by atoms with E-state index in [0.717, 1.165) is 6.42 Å². The molecule has 1 aromatic rings. The van der Waals surface area contributed by atoms with Crippen molar-refractivity contribution < 1.29 is 14.7 Å². The molecule has 1 rings (SSSR count). The van der Waals surface area contributed by atoms with Gasteiger partial charge in [-0.05, 0) is 17.9 Å². The van der Waals surface area contributed by atoms with Crippen LogP contribution in [0.2, 0.25) is 0 Å². The quantitative estimate of drug-likeness (QED) is 0.770. The van der Waals surface area contributed by atoms with Crippen LogP contribution in [-0.4, -0.2) is 16.9 Å². The fourth-order valence-corrected chi connectivity index (χ4v) is 1.73. The summed E-state index contributed by atoms with van der Waals surface area (Å²) in [6, 6.07) is 7.51. The molecule has 0 unspecified atom stereocenters. The second-order valence-corrected chi connectivity index (χ2v) is 4.38. The van der Waals surface area contributed by atoms with Crippen LogP contribution in [0.5, 0.6) is 0 Å². The molecular formula is C14H18O3. The smallest absolute Gasteiger partial charge is 0.303 e. The van der Waals surface area contributed by atoms with Crippen molar-refractivity contribution in [2.75, 3.05) is 0 Å². The molecule has 0 amide bonds. The van der Waals surface area contributed by atoms with E-state index in [1.54, 1.807) is 6.92 Å². The van der Waals surface area contributed by atoms with Crippen LogP contribution < -0.4 is 0 Å². The molecule has 0 fully saturated rings. The summed E-state index contributed by atoms with van der Waals surface area (Å²) in [6.45, 7) is 3.85. The van der Waals surface area contributed by atoms with Crippen LogP contribution in [0.1, 0.15) is 42.6 Å². The maximum absolute atomic E-state index is 11.8. The molecule has 0 bridgehead atoms. The van der Waals surface area contributed by atoms with Crippen LogP contribution in [0.3, 0.4) is 0 Å². The summed E-state index contributed by atoms with van der Waals surface area (Å²) < 4.78 is 0. The first kappa shape index (κ1) is 13.4. The largest absolute Gasteiger partial charge is 0.481 e. The Kier molecular flexibility index (Phi) is 4.88. The van der Waals surface area contributed by atoms with Crippen molar-refractivity contribution in [3.8, 4) is 0 Å². The van der Waals surface area contributed by atoms with Crippen molar-refractivity contribution in [2.45, 2.75) is 33.1 Å². The van der Waals surface area contributed by atoms with E-state index in [0.29, 0.717) is 5.56 Å². The number of benzene rings is 1. The van der Waals surface area contributed by atoms with Gasteiger partial charge in [-0.3, -0.25) is 9.59 Å². The molecule has 17 heavy (non-hydrogen) atoms. The molecule has 0 saturated heterocycles. The van der Waals surface area contributed by atoms with Crippen molar-refractivity contribution in [1.29, 1.82) is 0 Å². The van der Waals surface area contributed by atoms with Gasteiger partial charge in [-0.15, -0.1) is 0 Å². The topological polar surface area (TPSA) is 54.4 Å². The number of aliphatic carboxylic acids is 1. The first-order chi connectivity index (χ1) is 8.02. The number of ketones is 1. The number of Topliss-reactive ketones (excluding diaryl/α,β-unsaturated/α-hetero) is 1. The molecule has 92 valence electrons. The lowest BCUT2D eigenvalue weighted by Crippen LogP contribution is -2.10. The molecule has 0 spiro atoms. The highest BCUT2D eigenvalue weighted by Gasteiger charge is 2.13. The Labute approximate surface area is 101 Å². The Morgan fingerprint density at radius 2 is 1.76 bits per heavy atom. The summed E-state index contributed by atoms with van der Waals surface area (Å²) in [7, 11) is 0. The minimum Gasteiger partial charge on any atom is -0.481 e. The van der Waals surface area contributed by atoms with Gasteiger partial charge < -0.3 is 5.11 Å². The van der Waals surface area contributed by atoms with E-state index >= 15 is 0 Å². The monoisotopic (exact) mass is 234 g/mol. The fourth-order valence-electron chi connectivity index (χ4n) is 1.73. The fraction of sp³-hybridized carbons (Fsp3) is 0.429. The maximum atomic E-state index is 11.8. The lowest BCUT2D eigenvalue weighted by molar-refractivity contribution is -0.137. The zero-order valence-electron chi connectivity index (χ0n) is 10.3. The van der Waals surface area contributed by atoms with Crippen molar-refractivity contribution in [3.63, 3.8) is 0 Å². The Bertz CT molecular complexity index is 392. The van der Waals surface area contributed by atoms with Gasteiger partial charge in [0.25, 0.3) is 0 Å². The lowest BCUT2D eigenvalue weighted by atomic mass is 9.96. The SMILES string of the molecule is CCc1ccc(C(=O)C[C@@H](C)CC(=O)O)cc1. The molecule has 0 saturated carbocycles. The van der Waals surface area contributed by atoms with Crippen LogP contribution in [0.4, 0.5) is 0 Å². The van der Waals surface area contributed by atoms with E-state index in [2.05, 4.69) is 6.92 Å². The van der Waals surface area contributed by atoms with Crippen LogP contribution in [0, 0.1) is 5.92 Å². The predicted molar refractivity (Wildman–Crippen MR) is 66.2 cm³/mol. The Hall–Kier alpha value is -1.64. The van der Waals surface area contributed by atoms with Crippen LogP contribution in [0.15, 0.2) is 24.3 Å². The predicted octanol–water partition coefficient (Wildman–Crippen LogP) is 2.93. The van der Waals surface area contributed by atoms with Crippen molar-refractivity contribution >= 4 is 11.8 Å². The number of rotatable bonds is 6. The minimum atomic E-state index is -0.855. The van der Waals surface area contributed by atoms with E-state index < -0.39 is 5.97 Å². The average Bonchev–Trinajstić information content (AvgIpc) is 2.28. The van der Waals surface area contributed by atoms with Crippen molar-refractivity contribution in [2.24, 2.45) is 5.92 Å². The molecule has 0 radical (unpaired) electrons. The summed E-state index contributed by atoms with van der Waals surface area (Å²) in [6.07, 6.45) is 1.28. The van der Waals surface area contributed by atoms with E-state index in [4.69, 9.17) is 5.11 Å².